The molecule has 0 unspecified atom stereocenters. The summed E-state index contributed by atoms with van der Waals surface area (Å²) in [5.74, 6) is -0.839. The summed E-state index contributed by atoms with van der Waals surface area (Å²) in [6.07, 6.45) is 4.23. The van der Waals surface area contributed by atoms with E-state index in [1.54, 1.807) is 0 Å². The van der Waals surface area contributed by atoms with Crippen molar-refractivity contribution in [2.75, 3.05) is 12.4 Å². The summed E-state index contributed by atoms with van der Waals surface area (Å²) in [6, 6.07) is 1.44. The first-order valence-electron chi connectivity index (χ1n) is 5.00. The Morgan fingerprint density at radius 3 is 3.06 bits per heavy atom. The van der Waals surface area contributed by atoms with Gasteiger partial charge in [-0.2, -0.15) is 5.10 Å². The van der Waals surface area contributed by atoms with Crippen molar-refractivity contribution in [3.63, 3.8) is 0 Å². The molecule has 0 aliphatic carbocycles. The van der Waals surface area contributed by atoms with E-state index in [0.29, 0.717) is 5.69 Å². The second-order valence-electron chi connectivity index (χ2n) is 3.34. The third-order valence-electron chi connectivity index (χ3n) is 2.08. The van der Waals surface area contributed by atoms with Crippen molar-refractivity contribution in [3.8, 4) is 0 Å². The molecule has 0 aliphatic rings. The maximum atomic E-state index is 11.6. The van der Waals surface area contributed by atoms with Crippen LogP contribution in [0.15, 0.2) is 29.2 Å². The van der Waals surface area contributed by atoms with Crippen LogP contribution < -0.4 is 5.32 Å². The standard InChI is InChI=1S/C10H10N4O4/c1-17-9(15)6-14-5-7(4-11-14)12-10(16)8-2-3-18-13-8/h2-5H,6H2,1H3,(H,12,16). The number of hydrogen-bond acceptors (Lipinski definition) is 6. The molecular weight excluding hydrogens is 240 g/mol. The summed E-state index contributed by atoms with van der Waals surface area (Å²) in [5, 5.41) is 9.95. The number of esters is 1. The molecule has 1 amide bonds. The van der Waals surface area contributed by atoms with E-state index < -0.39 is 11.9 Å². The van der Waals surface area contributed by atoms with Crippen LogP contribution in [0.2, 0.25) is 0 Å². The van der Waals surface area contributed by atoms with E-state index in [1.807, 2.05) is 0 Å². The van der Waals surface area contributed by atoms with Crippen LogP contribution in [0.25, 0.3) is 0 Å². The van der Waals surface area contributed by atoms with Gasteiger partial charge in [-0.1, -0.05) is 5.16 Å². The van der Waals surface area contributed by atoms with Gasteiger partial charge in [-0.25, -0.2) is 0 Å². The third-order valence-corrected chi connectivity index (χ3v) is 2.08. The Morgan fingerprint density at radius 2 is 2.39 bits per heavy atom. The van der Waals surface area contributed by atoms with E-state index in [1.165, 1.54) is 36.5 Å². The van der Waals surface area contributed by atoms with Crippen LogP contribution in [0.5, 0.6) is 0 Å². The molecule has 0 atom stereocenters. The lowest BCUT2D eigenvalue weighted by Gasteiger charge is -1.99. The zero-order valence-electron chi connectivity index (χ0n) is 9.49. The Hall–Kier alpha value is -2.64. The molecule has 0 fully saturated rings. The van der Waals surface area contributed by atoms with Crippen molar-refractivity contribution in [1.82, 2.24) is 14.9 Å². The molecule has 0 bridgehead atoms. The molecule has 0 spiro atoms. The molecule has 8 heteroatoms. The van der Waals surface area contributed by atoms with Crippen LogP contribution in [-0.2, 0) is 16.1 Å². The van der Waals surface area contributed by atoms with Crippen molar-refractivity contribution in [2.45, 2.75) is 6.54 Å². The number of hydrogen-bond donors (Lipinski definition) is 1. The molecule has 0 saturated carbocycles. The number of methoxy groups -OCH3 is 1. The fraction of sp³-hybridized carbons (Fsp3) is 0.200. The van der Waals surface area contributed by atoms with E-state index in [9.17, 15) is 9.59 Å². The van der Waals surface area contributed by atoms with Gasteiger partial charge in [0.05, 0.1) is 19.0 Å². The highest BCUT2D eigenvalue weighted by Crippen LogP contribution is 2.07. The first-order chi connectivity index (χ1) is 8.69. The lowest BCUT2D eigenvalue weighted by atomic mass is 10.4. The molecule has 0 radical (unpaired) electrons. The number of rotatable bonds is 4. The number of carbonyl (C=O) groups excluding carboxylic acids is 2. The number of aromatic nitrogens is 3. The highest BCUT2D eigenvalue weighted by Gasteiger charge is 2.11. The van der Waals surface area contributed by atoms with Crippen molar-refractivity contribution in [2.24, 2.45) is 0 Å². The van der Waals surface area contributed by atoms with E-state index >= 15 is 0 Å². The Morgan fingerprint density at radius 1 is 1.56 bits per heavy atom. The zero-order valence-corrected chi connectivity index (χ0v) is 9.49. The third kappa shape index (κ3) is 2.73. The fourth-order valence-electron chi connectivity index (χ4n) is 1.24. The second-order valence-corrected chi connectivity index (χ2v) is 3.34. The first-order valence-corrected chi connectivity index (χ1v) is 5.00. The van der Waals surface area contributed by atoms with Crippen molar-refractivity contribution in [1.29, 1.82) is 0 Å². The largest absolute Gasteiger partial charge is 0.468 e. The summed E-state index contributed by atoms with van der Waals surface area (Å²) < 4.78 is 10.4. The van der Waals surface area contributed by atoms with Crippen molar-refractivity contribution >= 4 is 17.6 Å². The van der Waals surface area contributed by atoms with Gasteiger partial charge < -0.3 is 14.6 Å². The monoisotopic (exact) mass is 250 g/mol. The van der Waals surface area contributed by atoms with Gasteiger partial charge in [0.1, 0.15) is 12.8 Å². The van der Waals surface area contributed by atoms with Crippen LogP contribution in [0.1, 0.15) is 10.5 Å². The van der Waals surface area contributed by atoms with Gasteiger partial charge in [0.15, 0.2) is 5.69 Å². The molecule has 1 N–H and O–H groups in total. The highest BCUT2D eigenvalue weighted by atomic mass is 16.5. The molecule has 0 aromatic carbocycles. The van der Waals surface area contributed by atoms with Crippen LogP contribution in [0, 0.1) is 0 Å². The smallest absolute Gasteiger partial charge is 0.327 e. The van der Waals surface area contributed by atoms with Crippen LogP contribution in [0.3, 0.4) is 0 Å². The van der Waals surface area contributed by atoms with Crippen molar-refractivity contribution < 1.29 is 18.8 Å². The quantitative estimate of drug-likeness (QED) is 0.783. The Bertz CT molecular complexity index is 546. The Labute approximate surface area is 102 Å². The van der Waals surface area contributed by atoms with Gasteiger partial charge in [0, 0.05) is 12.3 Å². The number of anilines is 1. The molecule has 0 aliphatic heterocycles. The van der Waals surface area contributed by atoms with Gasteiger partial charge in [0.2, 0.25) is 0 Å². The molecule has 2 heterocycles. The fourth-order valence-corrected chi connectivity index (χ4v) is 1.24. The van der Waals surface area contributed by atoms with Crippen LogP contribution >= 0.6 is 0 Å². The van der Waals surface area contributed by atoms with Crippen molar-refractivity contribution in [3.05, 3.63) is 30.4 Å². The van der Waals surface area contributed by atoms with Crippen LogP contribution in [-0.4, -0.2) is 33.9 Å². The number of nitrogens with zero attached hydrogens (tertiary/aromatic N) is 3. The summed E-state index contributed by atoms with van der Waals surface area (Å²) >= 11 is 0. The van der Waals surface area contributed by atoms with E-state index in [0.717, 1.165) is 0 Å². The summed E-state index contributed by atoms with van der Waals surface area (Å²) in [5.41, 5.74) is 0.614. The minimum atomic E-state index is -0.424. The van der Waals surface area contributed by atoms with E-state index in [-0.39, 0.29) is 12.2 Å². The van der Waals surface area contributed by atoms with Gasteiger partial charge in [-0.05, 0) is 0 Å². The molecule has 2 aromatic rings. The minimum Gasteiger partial charge on any atom is -0.468 e. The Balaban J connectivity index is 1.98. The minimum absolute atomic E-state index is 0.0175. The van der Waals surface area contributed by atoms with Gasteiger partial charge in [-0.3, -0.25) is 14.3 Å². The number of amides is 1. The molecular formula is C10H10N4O4. The predicted molar refractivity (Wildman–Crippen MR) is 58.7 cm³/mol. The van der Waals surface area contributed by atoms with E-state index in [4.69, 9.17) is 0 Å². The number of carbonyl (C=O) groups is 2. The lowest BCUT2D eigenvalue weighted by Crippen LogP contribution is -2.13. The molecule has 8 nitrogen and oxygen atoms in total. The zero-order chi connectivity index (χ0) is 13.0. The predicted octanol–water partition coefficient (Wildman–Crippen LogP) is 0.296. The normalized spacial score (nSPS) is 10.1. The maximum Gasteiger partial charge on any atom is 0.327 e. The highest BCUT2D eigenvalue weighted by molar-refractivity contribution is 6.02. The number of nitrogens with one attached hydrogen (secondary N) is 1. The lowest BCUT2D eigenvalue weighted by molar-refractivity contribution is -0.141. The average molecular weight is 250 g/mol. The van der Waals surface area contributed by atoms with E-state index in [2.05, 4.69) is 24.8 Å². The SMILES string of the molecule is COC(=O)Cn1cc(NC(=O)c2ccon2)cn1. The maximum absolute atomic E-state index is 11.6. The topological polar surface area (TPSA) is 99.2 Å². The molecule has 94 valence electrons. The van der Waals surface area contributed by atoms with Crippen LogP contribution in [0.4, 0.5) is 5.69 Å². The summed E-state index contributed by atoms with van der Waals surface area (Å²) in [6.45, 7) is -0.0175. The second kappa shape index (κ2) is 5.13. The van der Waals surface area contributed by atoms with Gasteiger partial charge >= 0.3 is 5.97 Å². The first kappa shape index (κ1) is 11.8. The molecule has 18 heavy (non-hydrogen) atoms. The molecule has 2 rings (SSSR count). The molecule has 0 saturated heterocycles. The summed E-state index contributed by atoms with van der Waals surface area (Å²) in [7, 11) is 1.29. The van der Waals surface area contributed by atoms with Gasteiger partial charge in [0.25, 0.3) is 5.91 Å². The van der Waals surface area contributed by atoms with Gasteiger partial charge in [-0.15, -0.1) is 0 Å². The Kier molecular flexibility index (Phi) is 3.37. The average Bonchev–Trinajstić information content (AvgIpc) is 3.00. The molecule has 2 aromatic heterocycles. The number of ether oxygens (including phenoxy) is 1. The summed E-state index contributed by atoms with van der Waals surface area (Å²) in [4.78, 5) is 22.6.